The first-order chi connectivity index (χ1) is 10.0. The van der Waals surface area contributed by atoms with Gasteiger partial charge >= 0.3 is 18.9 Å². The SMILES string of the molecule is COc1ccc(C(O)(C(=O)[O-])c2ccccc2)c(OC)c1.[Li+]. The van der Waals surface area contributed by atoms with Crippen LogP contribution in [0.1, 0.15) is 11.1 Å². The molecule has 1 N–H and O–H groups in total. The Balaban J connectivity index is 0.00000242. The molecule has 0 saturated heterocycles. The molecule has 0 aromatic heterocycles. The number of rotatable bonds is 5. The Bertz CT molecular complexity index is 644. The molecule has 0 spiro atoms. The monoisotopic (exact) mass is 294 g/mol. The summed E-state index contributed by atoms with van der Waals surface area (Å²) in [5, 5.41) is 22.3. The molecule has 2 aromatic carbocycles. The summed E-state index contributed by atoms with van der Waals surface area (Å²) < 4.78 is 10.2. The Morgan fingerprint density at radius 1 is 1.09 bits per heavy atom. The summed E-state index contributed by atoms with van der Waals surface area (Å²) in [6, 6.07) is 12.5. The fourth-order valence-electron chi connectivity index (χ4n) is 2.16. The Hall–Kier alpha value is -1.93. The van der Waals surface area contributed by atoms with E-state index in [4.69, 9.17) is 9.47 Å². The maximum atomic E-state index is 11.6. The molecule has 0 bridgehead atoms. The van der Waals surface area contributed by atoms with Crippen LogP contribution in [-0.4, -0.2) is 25.3 Å². The van der Waals surface area contributed by atoms with Crippen LogP contribution in [0, 0.1) is 0 Å². The molecule has 2 rings (SSSR count). The summed E-state index contributed by atoms with van der Waals surface area (Å²) in [5.74, 6) is -0.938. The quantitative estimate of drug-likeness (QED) is 0.627. The molecule has 0 radical (unpaired) electrons. The van der Waals surface area contributed by atoms with Crippen molar-refractivity contribution in [2.24, 2.45) is 0 Å². The second kappa shape index (κ2) is 7.37. The maximum Gasteiger partial charge on any atom is 1.00 e. The van der Waals surface area contributed by atoms with Crippen LogP contribution in [0.5, 0.6) is 11.5 Å². The molecule has 0 heterocycles. The van der Waals surface area contributed by atoms with Crippen LogP contribution in [-0.2, 0) is 10.4 Å². The molecule has 0 aliphatic rings. The van der Waals surface area contributed by atoms with Gasteiger partial charge in [0.1, 0.15) is 11.5 Å². The summed E-state index contributed by atoms with van der Waals surface area (Å²) in [7, 11) is 2.87. The van der Waals surface area contributed by atoms with Crippen molar-refractivity contribution >= 4 is 5.97 Å². The van der Waals surface area contributed by atoms with Gasteiger partial charge in [0.15, 0.2) is 5.60 Å². The van der Waals surface area contributed by atoms with Crippen molar-refractivity contribution in [1.29, 1.82) is 0 Å². The molecule has 1 unspecified atom stereocenters. The summed E-state index contributed by atoms with van der Waals surface area (Å²) >= 11 is 0. The summed E-state index contributed by atoms with van der Waals surface area (Å²) in [5.41, 5.74) is -2.04. The number of ether oxygens (including phenoxy) is 2. The van der Waals surface area contributed by atoms with E-state index in [0.29, 0.717) is 5.75 Å². The molecule has 6 heteroatoms. The number of methoxy groups -OCH3 is 2. The number of carboxylic acid groups (broad SMARTS) is 1. The van der Waals surface area contributed by atoms with Crippen molar-refractivity contribution in [2.75, 3.05) is 14.2 Å². The molecule has 0 fully saturated rings. The molecule has 22 heavy (non-hydrogen) atoms. The predicted octanol–water partition coefficient (Wildman–Crippen LogP) is -2.31. The van der Waals surface area contributed by atoms with E-state index in [1.807, 2.05) is 0 Å². The molecule has 2 aromatic rings. The van der Waals surface area contributed by atoms with E-state index in [2.05, 4.69) is 0 Å². The van der Waals surface area contributed by atoms with E-state index in [1.165, 1.54) is 38.5 Å². The van der Waals surface area contributed by atoms with Crippen molar-refractivity contribution in [3.8, 4) is 11.5 Å². The third-order valence-electron chi connectivity index (χ3n) is 3.29. The van der Waals surface area contributed by atoms with Gasteiger partial charge in [-0.3, -0.25) is 0 Å². The molecule has 110 valence electrons. The third-order valence-corrected chi connectivity index (χ3v) is 3.29. The smallest absolute Gasteiger partial charge is 0.546 e. The Kier molecular flexibility index (Phi) is 6.07. The topological polar surface area (TPSA) is 78.8 Å². The van der Waals surface area contributed by atoms with E-state index in [1.54, 1.807) is 24.3 Å². The number of carbonyl (C=O) groups excluding carboxylic acids is 1. The Morgan fingerprint density at radius 2 is 1.73 bits per heavy atom. The molecule has 0 saturated carbocycles. The summed E-state index contributed by atoms with van der Waals surface area (Å²) in [6.07, 6.45) is 0. The summed E-state index contributed by atoms with van der Waals surface area (Å²) in [6.45, 7) is 0. The number of benzene rings is 2. The number of aliphatic hydroxyl groups is 1. The zero-order valence-corrected chi connectivity index (χ0v) is 12.7. The fraction of sp³-hybridized carbons (Fsp3) is 0.188. The van der Waals surface area contributed by atoms with Crippen molar-refractivity contribution in [2.45, 2.75) is 5.60 Å². The summed E-state index contributed by atoms with van der Waals surface area (Å²) in [4.78, 5) is 11.6. The number of carboxylic acids is 1. The normalized spacial score (nSPS) is 12.7. The Labute approximate surface area is 140 Å². The van der Waals surface area contributed by atoms with E-state index in [0.717, 1.165) is 0 Å². The van der Waals surface area contributed by atoms with Gasteiger partial charge in [0.2, 0.25) is 0 Å². The van der Waals surface area contributed by atoms with Gasteiger partial charge in [0, 0.05) is 11.6 Å². The van der Waals surface area contributed by atoms with Crippen molar-refractivity contribution in [3.05, 3.63) is 59.7 Å². The molecule has 0 aliphatic carbocycles. The molecular weight excluding hydrogens is 279 g/mol. The zero-order chi connectivity index (χ0) is 15.5. The first-order valence-corrected chi connectivity index (χ1v) is 6.26. The molecule has 1 atom stereocenters. The van der Waals surface area contributed by atoms with Gasteiger partial charge in [0.05, 0.1) is 20.2 Å². The van der Waals surface area contributed by atoms with E-state index in [-0.39, 0.29) is 35.7 Å². The zero-order valence-electron chi connectivity index (χ0n) is 12.7. The fourth-order valence-corrected chi connectivity index (χ4v) is 2.16. The second-order valence-electron chi connectivity index (χ2n) is 4.43. The number of hydrogen-bond acceptors (Lipinski definition) is 5. The van der Waals surface area contributed by atoms with Gasteiger partial charge < -0.3 is 24.5 Å². The maximum absolute atomic E-state index is 11.6. The van der Waals surface area contributed by atoms with Crippen LogP contribution in [0.25, 0.3) is 0 Å². The van der Waals surface area contributed by atoms with Gasteiger partial charge in [-0.25, -0.2) is 0 Å². The van der Waals surface area contributed by atoms with Crippen LogP contribution < -0.4 is 33.4 Å². The Morgan fingerprint density at radius 3 is 2.23 bits per heavy atom. The standard InChI is InChI=1S/C16H16O5.Li/c1-20-12-8-9-13(14(10-12)21-2)16(19,15(17)18)11-6-4-3-5-7-11;/h3-10,19H,1-2H3,(H,17,18);/q;+1/p-1. The minimum atomic E-state index is -2.31. The molecule has 5 nitrogen and oxygen atoms in total. The molecular formula is C16H15LiO5. The van der Waals surface area contributed by atoms with Crippen LogP contribution >= 0.6 is 0 Å². The minimum absolute atomic E-state index is 0. The van der Waals surface area contributed by atoms with Crippen LogP contribution in [0.3, 0.4) is 0 Å². The van der Waals surface area contributed by atoms with Gasteiger partial charge in [-0.15, -0.1) is 0 Å². The number of hydrogen-bond donors (Lipinski definition) is 1. The average molecular weight is 294 g/mol. The first kappa shape index (κ1) is 18.1. The van der Waals surface area contributed by atoms with Crippen LogP contribution in [0.2, 0.25) is 0 Å². The van der Waals surface area contributed by atoms with Crippen molar-refractivity contribution in [3.63, 3.8) is 0 Å². The van der Waals surface area contributed by atoms with Gasteiger partial charge in [0.25, 0.3) is 0 Å². The van der Waals surface area contributed by atoms with E-state index >= 15 is 0 Å². The van der Waals surface area contributed by atoms with Crippen molar-refractivity contribution in [1.82, 2.24) is 0 Å². The molecule has 0 aliphatic heterocycles. The largest absolute Gasteiger partial charge is 1.00 e. The van der Waals surface area contributed by atoms with Gasteiger partial charge in [-0.05, 0) is 17.7 Å². The second-order valence-corrected chi connectivity index (χ2v) is 4.43. The molecule has 0 amide bonds. The van der Waals surface area contributed by atoms with Crippen molar-refractivity contribution < 1.29 is 43.3 Å². The first-order valence-electron chi connectivity index (χ1n) is 6.26. The minimum Gasteiger partial charge on any atom is -0.546 e. The average Bonchev–Trinajstić information content (AvgIpc) is 2.54. The van der Waals surface area contributed by atoms with Crippen LogP contribution in [0.4, 0.5) is 0 Å². The van der Waals surface area contributed by atoms with Crippen LogP contribution in [0.15, 0.2) is 48.5 Å². The number of carbonyl (C=O) groups is 1. The van der Waals surface area contributed by atoms with E-state index < -0.39 is 11.6 Å². The van der Waals surface area contributed by atoms with E-state index in [9.17, 15) is 15.0 Å². The predicted molar refractivity (Wildman–Crippen MR) is 74.0 cm³/mol. The van der Waals surface area contributed by atoms with Gasteiger partial charge in [-0.1, -0.05) is 30.3 Å². The van der Waals surface area contributed by atoms with Gasteiger partial charge in [-0.2, -0.15) is 0 Å². The third kappa shape index (κ3) is 3.12. The number of aliphatic carboxylic acids is 1.